The van der Waals surface area contributed by atoms with Gasteiger partial charge in [0.1, 0.15) is 0 Å². The molecule has 548 valence electrons. The van der Waals surface area contributed by atoms with Gasteiger partial charge >= 0.3 is 0 Å². The van der Waals surface area contributed by atoms with Crippen molar-refractivity contribution in [3.8, 4) is 90.3 Å². The number of rotatable bonds is 8. The number of para-hydroxylation sites is 4. The molecule has 0 saturated heterocycles. The highest BCUT2D eigenvalue weighted by molar-refractivity contribution is 6.31. The van der Waals surface area contributed by atoms with Crippen LogP contribution in [0.3, 0.4) is 0 Å². The van der Waals surface area contributed by atoms with Crippen molar-refractivity contribution in [1.82, 2.24) is 54.8 Å². The predicted octanol–water partition coefficient (Wildman–Crippen LogP) is 26.7. The predicted molar refractivity (Wildman–Crippen MR) is 486 cm³/mol. The number of fused-ring (bicyclic) bond motifs is 22. The highest BCUT2D eigenvalue weighted by Crippen LogP contribution is 2.45. The molecule has 0 aliphatic carbocycles. The summed E-state index contributed by atoms with van der Waals surface area (Å²) in [5.74, 6) is 1.88. The number of pyridine rings is 8. The van der Waals surface area contributed by atoms with Gasteiger partial charge in [-0.3, -0.25) is 19.9 Å². The van der Waals surface area contributed by atoms with Gasteiger partial charge in [-0.2, -0.15) is 0 Å². The first kappa shape index (κ1) is 68.7. The third-order valence-electron chi connectivity index (χ3n) is 22.5. The SMILES string of the molecule is c1cc(-c2ccc3ccccc3n2)cc(-c2nc3ccccc3c3c2ccc2ccc4cccnc4c23)c1.c1ccc(-c2nc(-c3ccccc3)nc(-c3cccc(-c4nc5ccccc5c5c4ccc4ccc6cccnc6c45)c3)n2)cc1.c1cncc(-c2cccc(-c3nc4ccccc4c4c3ccc3ccc5cccnc5c34)c2)c1. The summed E-state index contributed by atoms with van der Waals surface area (Å²) < 4.78 is 0. The van der Waals surface area contributed by atoms with E-state index in [4.69, 9.17) is 49.8 Å². The van der Waals surface area contributed by atoms with Crippen LogP contribution in [0.1, 0.15) is 0 Å². The molecule has 0 spiro atoms. The molecule has 24 rings (SSSR count). The van der Waals surface area contributed by atoms with Gasteiger partial charge in [-0.25, -0.2) is 34.9 Å². The summed E-state index contributed by atoms with van der Waals surface area (Å²) in [7, 11) is 0. The first-order chi connectivity index (χ1) is 58.5. The molecule has 118 heavy (non-hydrogen) atoms. The molecule has 0 amide bonds. The number of benzene rings is 15. The highest BCUT2D eigenvalue weighted by Gasteiger charge is 2.22. The molecule has 0 saturated carbocycles. The molecule has 24 aromatic rings. The summed E-state index contributed by atoms with van der Waals surface area (Å²) >= 11 is 0. The van der Waals surface area contributed by atoms with Gasteiger partial charge in [0.2, 0.25) is 0 Å². The number of hydrogen-bond donors (Lipinski definition) is 0. The quantitative estimate of drug-likeness (QED) is 0.134. The molecule has 0 N–H and O–H groups in total. The van der Waals surface area contributed by atoms with E-state index < -0.39 is 0 Å². The Morgan fingerprint density at radius 3 is 0.958 bits per heavy atom. The Morgan fingerprint density at radius 1 is 0.169 bits per heavy atom. The van der Waals surface area contributed by atoms with Crippen molar-refractivity contribution in [3.63, 3.8) is 0 Å². The van der Waals surface area contributed by atoms with E-state index in [2.05, 4.69) is 266 Å². The van der Waals surface area contributed by atoms with Crippen LogP contribution < -0.4 is 0 Å². The summed E-state index contributed by atoms with van der Waals surface area (Å²) in [5.41, 5.74) is 20.0. The summed E-state index contributed by atoms with van der Waals surface area (Å²) in [5, 5.41) is 21.8. The fraction of sp³-hybridized carbons (Fsp3) is 0. The second kappa shape index (κ2) is 29.1. The Kier molecular flexibility index (Phi) is 17.0. The molecule has 0 bridgehead atoms. The molecule has 11 nitrogen and oxygen atoms in total. The smallest absolute Gasteiger partial charge is 0.164 e. The van der Waals surface area contributed by atoms with E-state index in [-0.39, 0.29) is 0 Å². The lowest BCUT2D eigenvalue weighted by Crippen LogP contribution is -2.00. The largest absolute Gasteiger partial charge is 0.264 e. The Morgan fingerprint density at radius 2 is 0.500 bits per heavy atom. The van der Waals surface area contributed by atoms with Crippen molar-refractivity contribution in [1.29, 1.82) is 0 Å². The lowest BCUT2D eigenvalue weighted by molar-refractivity contribution is 1.07. The molecule has 0 radical (unpaired) electrons. The summed E-state index contributed by atoms with van der Waals surface area (Å²) in [6.07, 6.45) is 9.33. The van der Waals surface area contributed by atoms with Crippen molar-refractivity contribution in [2.45, 2.75) is 0 Å². The van der Waals surface area contributed by atoms with Crippen LogP contribution in [0.25, 0.3) is 231 Å². The van der Waals surface area contributed by atoms with Crippen molar-refractivity contribution >= 4 is 141 Å². The van der Waals surface area contributed by atoms with Gasteiger partial charge in [0.25, 0.3) is 0 Å². The topological polar surface area (TPSA) is 142 Å². The average Bonchev–Trinajstić information content (AvgIpc) is 0.736. The Bertz CT molecular complexity index is 8090. The molecule has 0 unspecified atom stereocenters. The van der Waals surface area contributed by atoms with Crippen molar-refractivity contribution in [3.05, 3.63) is 395 Å². The Labute approximate surface area is 676 Å². The minimum atomic E-state index is 0.611. The Balaban J connectivity index is 0.000000108. The molecular formula is C107H65N11. The zero-order chi connectivity index (χ0) is 78.0. The van der Waals surface area contributed by atoms with E-state index in [1.165, 1.54) is 32.3 Å². The second-order valence-corrected chi connectivity index (χ2v) is 29.5. The van der Waals surface area contributed by atoms with E-state index in [0.29, 0.717) is 17.5 Å². The minimum Gasteiger partial charge on any atom is -0.264 e. The van der Waals surface area contributed by atoms with Crippen LogP contribution in [0.15, 0.2) is 395 Å². The molecule has 0 fully saturated rings. The van der Waals surface area contributed by atoms with Crippen LogP contribution in [0.5, 0.6) is 0 Å². The monoisotopic (exact) mass is 1500 g/mol. The number of aromatic nitrogens is 11. The van der Waals surface area contributed by atoms with Crippen molar-refractivity contribution in [2.75, 3.05) is 0 Å². The van der Waals surface area contributed by atoms with Gasteiger partial charge < -0.3 is 0 Å². The van der Waals surface area contributed by atoms with E-state index >= 15 is 0 Å². The molecule has 9 aromatic heterocycles. The third kappa shape index (κ3) is 12.3. The summed E-state index contributed by atoms with van der Waals surface area (Å²) in [6.45, 7) is 0. The number of nitrogens with zero attached hydrogens (tertiary/aromatic N) is 11. The van der Waals surface area contributed by atoms with Gasteiger partial charge in [-0.1, -0.05) is 291 Å². The van der Waals surface area contributed by atoms with E-state index in [0.717, 1.165) is 181 Å². The second-order valence-electron chi connectivity index (χ2n) is 29.5. The van der Waals surface area contributed by atoms with Crippen LogP contribution in [0.4, 0.5) is 0 Å². The zero-order valence-electron chi connectivity index (χ0n) is 63.4. The third-order valence-corrected chi connectivity index (χ3v) is 22.5. The van der Waals surface area contributed by atoms with Gasteiger partial charge in [-0.15, -0.1) is 0 Å². The standard InChI is InChI=1S/C41H25N5.C35H21N3.C31H19N3/c1-3-11-28(12-4-1)39-44-40(29-13-5-2-6-14-29)46-41(45-39)31-16-9-15-30(25-31)37-33-23-22-26-20-21-27-17-10-24-42-38(27)35(26)36(33)32-18-7-8-19-34(32)43-37;1-3-12-29-22(7-1)17-19-30(37-29)25-8-5-9-26(21-25)34-28-18-16-23-14-15-24-10-6-20-36-35(24)32(23)33(28)27-11-2-4-13-31(27)38-34;1-2-11-27-25(10-1)29-26(15-14-20-12-13-21-8-5-17-33-31(21)28(20)29)30(34-27)23-7-3-6-22(18-23)24-9-4-16-32-19-24/h1-25H;1-21H;1-19H. The summed E-state index contributed by atoms with van der Waals surface area (Å²) in [6, 6.07) is 126. The molecule has 11 heteroatoms. The van der Waals surface area contributed by atoms with Crippen LogP contribution in [-0.2, 0) is 0 Å². The molecule has 0 aliphatic heterocycles. The van der Waals surface area contributed by atoms with Crippen molar-refractivity contribution in [2.24, 2.45) is 0 Å². The minimum absolute atomic E-state index is 0.611. The maximum absolute atomic E-state index is 5.25. The first-order valence-electron chi connectivity index (χ1n) is 39.4. The molecule has 15 aromatic carbocycles. The van der Waals surface area contributed by atoms with Crippen molar-refractivity contribution < 1.29 is 0 Å². The average molecular weight is 1500 g/mol. The lowest BCUT2D eigenvalue weighted by atomic mass is 9.93. The van der Waals surface area contributed by atoms with Gasteiger partial charge in [0.15, 0.2) is 17.5 Å². The molecule has 9 heterocycles. The fourth-order valence-electron chi connectivity index (χ4n) is 17.0. The molecule has 0 atom stereocenters. The Hall–Kier alpha value is -16.1. The molecule has 0 aliphatic rings. The normalized spacial score (nSPS) is 11.6. The van der Waals surface area contributed by atoms with Crippen LogP contribution in [0.2, 0.25) is 0 Å². The van der Waals surface area contributed by atoms with E-state index in [1.807, 2.05) is 128 Å². The zero-order valence-corrected chi connectivity index (χ0v) is 63.4. The maximum atomic E-state index is 5.25. The highest BCUT2D eigenvalue weighted by atomic mass is 15.0. The van der Waals surface area contributed by atoms with Crippen LogP contribution in [0, 0.1) is 0 Å². The van der Waals surface area contributed by atoms with Crippen LogP contribution in [-0.4, -0.2) is 54.8 Å². The fourth-order valence-corrected chi connectivity index (χ4v) is 17.0. The summed E-state index contributed by atoms with van der Waals surface area (Å²) in [4.78, 5) is 54.1. The van der Waals surface area contributed by atoms with E-state index in [9.17, 15) is 0 Å². The molecular weight excluding hydrogens is 1440 g/mol. The van der Waals surface area contributed by atoms with Crippen LogP contribution >= 0.6 is 0 Å². The lowest BCUT2D eigenvalue weighted by Gasteiger charge is -2.14. The van der Waals surface area contributed by atoms with Gasteiger partial charge in [0.05, 0.1) is 61.4 Å². The number of hydrogen-bond acceptors (Lipinski definition) is 11. The van der Waals surface area contributed by atoms with Gasteiger partial charge in [0, 0.05) is 162 Å². The van der Waals surface area contributed by atoms with E-state index in [1.54, 1.807) is 6.20 Å². The first-order valence-corrected chi connectivity index (χ1v) is 39.4. The van der Waals surface area contributed by atoms with Gasteiger partial charge in [-0.05, 0) is 94.5 Å². The maximum Gasteiger partial charge on any atom is 0.164 e.